The molecule has 8 heteroatoms. The summed E-state index contributed by atoms with van der Waals surface area (Å²) >= 11 is 5.88. The van der Waals surface area contributed by atoms with Gasteiger partial charge >= 0.3 is 6.18 Å². The van der Waals surface area contributed by atoms with Gasteiger partial charge in [-0.2, -0.15) is 13.2 Å². The van der Waals surface area contributed by atoms with Crippen molar-refractivity contribution in [3.05, 3.63) is 34.3 Å². The third-order valence-electron chi connectivity index (χ3n) is 3.69. The van der Waals surface area contributed by atoms with E-state index >= 15 is 0 Å². The summed E-state index contributed by atoms with van der Waals surface area (Å²) < 4.78 is 64.6. The molecule has 0 aromatic heterocycles. The summed E-state index contributed by atoms with van der Waals surface area (Å²) in [5.41, 5.74) is -0.875. The first kappa shape index (κ1) is 17.4. The summed E-state index contributed by atoms with van der Waals surface area (Å²) in [7, 11) is 0. The zero-order valence-corrected chi connectivity index (χ0v) is 12.4. The predicted octanol–water partition coefficient (Wildman–Crippen LogP) is 3.96. The van der Waals surface area contributed by atoms with Crippen LogP contribution in [0, 0.1) is 0 Å². The Hall–Kier alpha value is -0.920. The highest BCUT2D eigenvalue weighted by atomic mass is 35.5. The smallest absolute Gasteiger partial charge is 0.314 e. The van der Waals surface area contributed by atoms with E-state index in [4.69, 9.17) is 11.6 Å². The number of alkyl halides is 5. The van der Waals surface area contributed by atoms with Gasteiger partial charge in [0.2, 0.25) is 6.43 Å². The Morgan fingerprint density at radius 2 is 1.82 bits per heavy atom. The molecule has 1 aliphatic rings. The van der Waals surface area contributed by atoms with Gasteiger partial charge in [-0.1, -0.05) is 23.7 Å². The minimum Gasteiger partial charge on any atom is -0.314 e. The largest absolute Gasteiger partial charge is 0.417 e. The van der Waals surface area contributed by atoms with Crippen molar-refractivity contribution in [1.29, 1.82) is 0 Å². The van der Waals surface area contributed by atoms with Crippen LogP contribution in [0.2, 0.25) is 5.02 Å². The van der Waals surface area contributed by atoms with Gasteiger partial charge in [-0.25, -0.2) is 8.78 Å². The zero-order valence-electron chi connectivity index (χ0n) is 11.6. The first-order valence-electron chi connectivity index (χ1n) is 6.89. The van der Waals surface area contributed by atoms with Gasteiger partial charge in [0.05, 0.1) is 10.6 Å². The SMILES string of the molecule is FC(F)C[C@H](c1cccc(C(F)(F)F)c1Cl)N1CCNCC1. The van der Waals surface area contributed by atoms with Gasteiger partial charge in [0.1, 0.15) is 0 Å². The molecule has 1 aliphatic heterocycles. The van der Waals surface area contributed by atoms with Crippen LogP contribution in [-0.4, -0.2) is 37.5 Å². The van der Waals surface area contributed by atoms with E-state index in [1.807, 2.05) is 0 Å². The fourth-order valence-corrected chi connectivity index (χ4v) is 3.02. The molecular formula is C14H16ClF5N2. The number of nitrogens with zero attached hydrogens (tertiary/aromatic N) is 1. The second-order valence-electron chi connectivity index (χ2n) is 5.14. The third kappa shape index (κ3) is 4.08. The number of benzene rings is 1. The van der Waals surface area contributed by atoms with Crippen LogP contribution < -0.4 is 5.32 Å². The van der Waals surface area contributed by atoms with Crippen LogP contribution >= 0.6 is 11.6 Å². The molecule has 0 radical (unpaired) electrons. The summed E-state index contributed by atoms with van der Waals surface area (Å²) in [4.78, 5) is 1.75. The molecule has 0 saturated carbocycles. The van der Waals surface area contributed by atoms with Gasteiger partial charge in [0.15, 0.2) is 0 Å². The zero-order chi connectivity index (χ0) is 16.3. The molecule has 0 amide bonds. The number of piperazine rings is 1. The normalized spacial score (nSPS) is 18.7. The second kappa shape index (κ2) is 7.10. The minimum absolute atomic E-state index is 0.110. The summed E-state index contributed by atoms with van der Waals surface area (Å²) in [6.45, 7) is 2.19. The van der Waals surface area contributed by atoms with E-state index in [0.29, 0.717) is 26.2 Å². The molecular weight excluding hydrogens is 327 g/mol. The van der Waals surface area contributed by atoms with Crippen LogP contribution in [0.15, 0.2) is 18.2 Å². The summed E-state index contributed by atoms with van der Waals surface area (Å²) in [6, 6.07) is 2.65. The van der Waals surface area contributed by atoms with E-state index in [2.05, 4.69) is 5.32 Å². The van der Waals surface area contributed by atoms with Crippen LogP contribution in [0.3, 0.4) is 0 Å². The topological polar surface area (TPSA) is 15.3 Å². The van der Waals surface area contributed by atoms with Gasteiger partial charge < -0.3 is 5.32 Å². The van der Waals surface area contributed by atoms with Crippen molar-refractivity contribution in [2.45, 2.75) is 25.1 Å². The maximum atomic E-state index is 12.9. The minimum atomic E-state index is -4.61. The van der Waals surface area contributed by atoms with Crippen molar-refractivity contribution < 1.29 is 22.0 Å². The molecule has 1 fully saturated rings. The number of rotatable bonds is 4. The maximum absolute atomic E-state index is 12.9. The van der Waals surface area contributed by atoms with Crippen molar-refractivity contribution in [3.8, 4) is 0 Å². The molecule has 1 N–H and O–H groups in total. The van der Waals surface area contributed by atoms with Crippen molar-refractivity contribution in [2.24, 2.45) is 0 Å². The lowest BCUT2D eigenvalue weighted by molar-refractivity contribution is -0.137. The molecule has 1 aromatic rings. The van der Waals surface area contributed by atoms with E-state index in [1.54, 1.807) is 4.90 Å². The highest BCUT2D eigenvalue weighted by Gasteiger charge is 2.36. The van der Waals surface area contributed by atoms with E-state index in [9.17, 15) is 22.0 Å². The van der Waals surface area contributed by atoms with Crippen molar-refractivity contribution in [3.63, 3.8) is 0 Å². The van der Waals surface area contributed by atoms with E-state index in [0.717, 1.165) is 6.07 Å². The van der Waals surface area contributed by atoms with Crippen molar-refractivity contribution in [1.82, 2.24) is 10.2 Å². The van der Waals surface area contributed by atoms with Gasteiger partial charge in [-0.3, -0.25) is 4.90 Å². The van der Waals surface area contributed by atoms with Crippen LogP contribution in [0.4, 0.5) is 22.0 Å². The molecule has 124 valence electrons. The molecule has 0 bridgehead atoms. The van der Waals surface area contributed by atoms with Gasteiger partial charge in [0.25, 0.3) is 0 Å². The Bertz CT molecular complexity index is 500. The highest BCUT2D eigenvalue weighted by Crippen LogP contribution is 2.40. The molecule has 1 saturated heterocycles. The molecule has 0 spiro atoms. The standard InChI is InChI=1S/C14H16ClF5N2/c15-13-9(2-1-3-10(13)14(18,19)20)11(8-12(16)17)22-6-4-21-5-7-22/h1-3,11-12,21H,4-8H2/t11-/m1/s1. The number of halogens is 6. The summed E-state index contributed by atoms with van der Waals surface area (Å²) in [5.74, 6) is 0. The number of hydrogen-bond acceptors (Lipinski definition) is 2. The van der Waals surface area contributed by atoms with Crippen molar-refractivity contribution >= 4 is 11.6 Å². The fraction of sp³-hybridized carbons (Fsp3) is 0.571. The first-order valence-corrected chi connectivity index (χ1v) is 7.27. The molecule has 1 atom stereocenters. The lowest BCUT2D eigenvalue weighted by Crippen LogP contribution is -2.45. The quantitative estimate of drug-likeness (QED) is 0.833. The van der Waals surface area contributed by atoms with Crippen LogP contribution in [0.1, 0.15) is 23.6 Å². The Morgan fingerprint density at radius 3 is 2.36 bits per heavy atom. The molecule has 1 aromatic carbocycles. The lowest BCUT2D eigenvalue weighted by Gasteiger charge is -2.35. The van der Waals surface area contributed by atoms with Gasteiger partial charge in [0, 0.05) is 38.6 Å². The molecule has 2 nitrogen and oxygen atoms in total. The monoisotopic (exact) mass is 342 g/mol. The Balaban J connectivity index is 2.38. The maximum Gasteiger partial charge on any atom is 0.417 e. The second-order valence-corrected chi connectivity index (χ2v) is 5.51. The van der Waals surface area contributed by atoms with Crippen LogP contribution in [0.25, 0.3) is 0 Å². The molecule has 1 heterocycles. The van der Waals surface area contributed by atoms with Gasteiger partial charge in [-0.05, 0) is 11.6 Å². The fourth-order valence-electron chi connectivity index (χ4n) is 2.66. The lowest BCUT2D eigenvalue weighted by atomic mass is 9.98. The molecule has 2 rings (SSSR count). The van der Waals surface area contributed by atoms with E-state index in [1.165, 1.54) is 12.1 Å². The van der Waals surface area contributed by atoms with Gasteiger partial charge in [-0.15, -0.1) is 0 Å². The predicted molar refractivity (Wildman–Crippen MR) is 74.3 cm³/mol. The Labute approximate surface area is 130 Å². The summed E-state index contributed by atoms with van der Waals surface area (Å²) in [5, 5.41) is 2.60. The van der Waals surface area contributed by atoms with Crippen molar-refractivity contribution in [2.75, 3.05) is 26.2 Å². The highest BCUT2D eigenvalue weighted by molar-refractivity contribution is 6.32. The van der Waals surface area contributed by atoms with E-state index in [-0.39, 0.29) is 5.56 Å². The number of nitrogens with one attached hydrogen (secondary N) is 1. The first-order chi connectivity index (χ1) is 10.3. The van der Waals surface area contributed by atoms with E-state index < -0.39 is 35.7 Å². The Morgan fingerprint density at radius 1 is 1.18 bits per heavy atom. The molecule has 0 unspecified atom stereocenters. The summed E-state index contributed by atoms with van der Waals surface area (Å²) in [6.07, 6.45) is -7.77. The number of hydrogen-bond donors (Lipinski definition) is 1. The van der Waals surface area contributed by atoms with Crippen LogP contribution in [-0.2, 0) is 6.18 Å². The average Bonchev–Trinajstić information content (AvgIpc) is 2.45. The third-order valence-corrected chi connectivity index (χ3v) is 4.11. The molecule has 0 aliphatic carbocycles. The average molecular weight is 343 g/mol. The Kier molecular flexibility index (Phi) is 5.63. The van der Waals surface area contributed by atoms with Crippen LogP contribution in [0.5, 0.6) is 0 Å². The molecule has 22 heavy (non-hydrogen) atoms.